The van der Waals surface area contributed by atoms with E-state index in [1.165, 1.54) is 12.1 Å². The minimum absolute atomic E-state index is 0.0531. The Hall–Kier alpha value is -2.39. The molecule has 1 aliphatic heterocycles. The minimum Gasteiger partial charge on any atom is -0.325 e. The van der Waals surface area contributed by atoms with Crippen LogP contribution < -0.4 is 10.2 Å². The highest BCUT2D eigenvalue weighted by molar-refractivity contribution is 8.15. The van der Waals surface area contributed by atoms with Crippen molar-refractivity contribution in [2.75, 3.05) is 22.5 Å². The Morgan fingerprint density at radius 1 is 1.26 bits per heavy atom. The Bertz CT molecular complexity index is 1020. The van der Waals surface area contributed by atoms with Gasteiger partial charge in [-0.1, -0.05) is 30.0 Å². The van der Waals surface area contributed by atoms with Crippen LogP contribution in [0.3, 0.4) is 0 Å². The predicted octanol–water partition coefficient (Wildman–Crippen LogP) is 3.39. The highest BCUT2D eigenvalue weighted by Crippen LogP contribution is 2.33. The second kappa shape index (κ2) is 7.69. The number of halogens is 1. The van der Waals surface area contributed by atoms with Crippen molar-refractivity contribution in [3.8, 4) is 0 Å². The molecule has 2 aromatic rings. The monoisotopic (exact) mass is 407 g/mol. The number of fused-ring (bicyclic) bond motifs is 1. The molecule has 1 amide bonds. The number of carbonyl (C=O) groups is 1. The van der Waals surface area contributed by atoms with E-state index in [4.69, 9.17) is 0 Å². The molecule has 0 unspecified atom stereocenters. The van der Waals surface area contributed by atoms with Crippen LogP contribution in [0.1, 0.15) is 12.5 Å². The minimum atomic E-state index is -3.81. The summed E-state index contributed by atoms with van der Waals surface area (Å²) in [6.45, 7) is 4.01. The van der Waals surface area contributed by atoms with E-state index in [0.717, 1.165) is 11.8 Å². The first-order chi connectivity index (χ1) is 12.8. The molecule has 1 heterocycles. The molecule has 0 aliphatic carbocycles. The number of aryl methyl sites for hydroxylation is 1. The van der Waals surface area contributed by atoms with E-state index in [0.29, 0.717) is 23.5 Å². The number of rotatable bonds is 4. The Morgan fingerprint density at radius 3 is 2.70 bits per heavy atom. The van der Waals surface area contributed by atoms with Gasteiger partial charge in [-0.05, 0) is 43.7 Å². The van der Waals surface area contributed by atoms with E-state index in [2.05, 4.69) is 9.71 Å². The highest BCUT2D eigenvalue weighted by Gasteiger charge is 2.30. The van der Waals surface area contributed by atoms with Crippen LogP contribution in [0.25, 0.3) is 0 Å². The van der Waals surface area contributed by atoms with E-state index < -0.39 is 15.8 Å². The number of benzene rings is 2. The van der Waals surface area contributed by atoms with Crippen molar-refractivity contribution in [1.82, 2.24) is 0 Å². The molecule has 3 rings (SSSR count). The number of hydrogen-bond donors (Lipinski definition) is 1. The normalized spacial score (nSPS) is 15.1. The maximum atomic E-state index is 13.6. The van der Waals surface area contributed by atoms with E-state index in [-0.39, 0.29) is 21.7 Å². The molecule has 0 saturated carbocycles. The van der Waals surface area contributed by atoms with E-state index in [9.17, 15) is 17.6 Å². The summed E-state index contributed by atoms with van der Waals surface area (Å²) in [7, 11) is -3.81. The third kappa shape index (κ3) is 4.14. The van der Waals surface area contributed by atoms with Crippen molar-refractivity contribution in [2.45, 2.75) is 18.7 Å². The highest BCUT2D eigenvalue weighted by atomic mass is 32.2. The van der Waals surface area contributed by atoms with Gasteiger partial charge in [-0.25, -0.2) is 4.39 Å². The summed E-state index contributed by atoms with van der Waals surface area (Å²) in [4.78, 5) is 14.1. The fourth-order valence-corrected chi connectivity index (χ4v) is 4.93. The molecule has 0 atom stereocenters. The first-order valence-electron chi connectivity index (χ1n) is 8.22. The van der Waals surface area contributed by atoms with Gasteiger partial charge in [-0.2, -0.15) is 8.42 Å². The fourth-order valence-electron chi connectivity index (χ4n) is 2.61. The number of carbonyl (C=O) groups excluding carboxylic acids is 1. The van der Waals surface area contributed by atoms with Gasteiger partial charge >= 0.3 is 0 Å². The van der Waals surface area contributed by atoms with E-state index >= 15 is 0 Å². The van der Waals surface area contributed by atoms with Gasteiger partial charge in [0.05, 0.1) is 11.4 Å². The zero-order chi connectivity index (χ0) is 19.6. The van der Waals surface area contributed by atoms with Gasteiger partial charge in [-0.15, -0.1) is 4.40 Å². The average molecular weight is 407 g/mol. The summed E-state index contributed by atoms with van der Waals surface area (Å²) in [6, 6.07) is 11.0. The second-order valence-electron chi connectivity index (χ2n) is 5.86. The molecule has 142 valence electrons. The number of para-hydroxylation sites is 1. The summed E-state index contributed by atoms with van der Waals surface area (Å²) in [6.07, 6.45) is 0. The maximum absolute atomic E-state index is 13.6. The first kappa shape index (κ1) is 19.4. The van der Waals surface area contributed by atoms with E-state index in [1.54, 1.807) is 42.2 Å². The first-order valence-corrected chi connectivity index (χ1v) is 10.6. The molecule has 9 heteroatoms. The number of anilines is 2. The van der Waals surface area contributed by atoms with Crippen molar-refractivity contribution in [2.24, 2.45) is 4.40 Å². The fraction of sp³-hybridized carbons (Fsp3) is 0.222. The molecule has 0 saturated heterocycles. The van der Waals surface area contributed by atoms with Gasteiger partial charge < -0.3 is 10.2 Å². The van der Waals surface area contributed by atoms with Gasteiger partial charge in [0.15, 0.2) is 5.17 Å². The molecule has 1 aliphatic rings. The summed E-state index contributed by atoms with van der Waals surface area (Å²) >= 11 is 1.02. The largest absolute Gasteiger partial charge is 0.325 e. The predicted molar refractivity (Wildman–Crippen MR) is 106 cm³/mol. The van der Waals surface area contributed by atoms with Crippen molar-refractivity contribution in [3.63, 3.8) is 0 Å². The molecule has 27 heavy (non-hydrogen) atoms. The van der Waals surface area contributed by atoms with Crippen LogP contribution >= 0.6 is 11.8 Å². The van der Waals surface area contributed by atoms with Gasteiger partial charge in [0, 0.05) is 12.2 Å². The standard InChI is InChI=1S/C18H18FN3O3S2/c1-3-22-15-6-4-5-7-16(15)27(24,25)21-18(22)26-11-17(23)20-13-9-8-12(2)14(19)10-13/h4-10H,3,11H2,1-2H3,(H,20,23). The molecular formula is C18H18FN3O3S2. The zero-order valence-corrected chi connectivity index (χ0v) is 16.4. The van der Waals surface area contributed by atoms with Crippen LogP contribution in [0.4, 0.5) is 15.8 Å². The van der Waals surface area contributed by atoms with Crippen molar-refractivity contribution >= 4 is 44.2 Å². The smallest absolute Gasteiger partial charge is 0.286 e. The second-order valence-corrected chi connectivity index (χ2v) is 8.38. The number of amides is 1. The molecule has 1 N–H and O–H groups in total. The number of hydrogen-bond acceptors (Lipinski definition) is 5. The average Bonchev–Trinajstić information content (AvgIpc) is 2.63. The third-order valence-corrected chi connectivity index (χ3v) is 6.37. The molecule has 0 bridgehead atoms. The van der Waals surface area contributed by atoms with Gasteiger partial charge in [0.25, 0.3) is 10.0 Å². The lowest BCUT2D eigenvalue weighted by atomic mass is 10.2. The Labute approximate surface area is 161 Å². The number of thioether (sulfide) groups is 1. The number of amidine groups is 1. The Balaban J connectivity index is 1.74. The maximum Gasteiger partial charge on any atom is 0.286 e. The van der Waals surface area contributed by atoms with Gasteiger partial charge in [0.1, 0.15) is 10.7 Å². The molecule has 0 spiro atoms. The number of sulfonamides is 1. The molecule has 6 nitrogen and oxygen atoms in total. The molecule has 0 fully saturated rings. The van der Waals surface area contributed by atoms with Gasteiger partial charge in [0.2, 0.25) is 5.91 Å². The lowest BCUT2D eigenvalue weighted by molar-refractivity contribution is -0.113. The summed E-state index contributed by atoms with van der Waals surface area (Å²) < 4.78 is 42.2. The molecule has 2 aromatic carbocycles. The molecular weight excluding hydrogens is 389 g/mol. The summed E-state index contributed by atoms with van der Waals surface area (Å²) in [5, 5.41) is 2.84. The van der Waals surface area contributed by atoms with Crippen LogP contribution in [-0.4, -0.2) is 31.8 Å². The Morgan fingerprint density at radius 2 is 2.00 bits per heavy atom. The summed E-state index contributed by atoms with van der Waals surface area (Å²) in [5.74, 6) is -0.835. The van der Waals surface area contributed by atoms with Crippen LogP contribution in [0.15, 0.2) is 51.8 Å². The SMILES string of the molecule is CCN1C(SCC(=O)Nc2ccc(C)c(F)c2)=NS(=O)(=O)c2ccccc21. The van der Waals surface area contributed by atoms with Crippen molar-refractivity contribution in [1.29, 1.82) is 0 Å². The topological polar surface area (TPSA) is 78.8 Å². The quantitative estimate of drug-likeness (QED) is 0.841. The van der Waals surface area contributed by atoms with Gasteiger partial charge in [-0.3, -0.25) is 4.79 Å². The zero-order valence-electron chi connectivity index (χ0n) is 14.8. The molecule has 0 aromatic heterocycles. The molecule has 0 radical (unpaired) electrons. The van der Waals surface area contributed by atoms with Crippen LogP contribution in [-0.2, 0) is 14.8 Å². The Kier molecular flexibility index (Phi) is 5.52. The third-order valence-electron chi connectivity index (χ3n) is 3.97. The van der Waals surface area contributed by atoms with Crippen molar-refractivity contribution in [3.05, 3.63) is 53.8 Å². The number of nitrogens with one attached hydrogen (secondary N) is 1. The van der Waals surface area contributed by atoms with Crippen molar-refractivity contribution < 1.29 is 17.6 Å². The van der Waals surface area contributed by atoms with Crippen LogP contribution in [0.2, 0.25) is 0 Å². The van der Waals surface area contributed by atoms with Crippen LogP contribution in [0.5, 0.6) is 0 Å². The summed E-state index contributed by atoms with van der Waals surface area (Å²) in [5.41, 5.74) is 1.37. The lowest BCUT2D eigenvalue weighted by Crippen LogP contribution is -2.34. The van der Waals surface area contributed by atoms with E-state index in [1.807, 2.05) is 6.92 Å². The number of nitrogens with zero attached hydrogens (tertiary/aromatic N) is 2. The van der Waals surface area contributed by atoms with Crippen LogP contribution in [0, 0.1) is 12.7 Å². The lowest BCUT2D eigenvalue weighted by Gasteiger charge is -2.29.